The Kier molecular flexibility index (Phi) is 5.95. The van der Waals surface area contributed by atoms with E-state index in [0.29, 0.717) is 17.9 Å². The molecule has 0 bridgehead atoms. The van der Waals surface area contributed by atoms with Gasteiger partial charge >= 0.3 is 0 Å². The van der Waals surface area contributed by atoms with Crippen LogP contribution in [0.4, 0.5) is 4.39 Å². The van der Waals surface area contributed by atoms with Crippen LogP contribution in [0.2, 0.25) is 0 Å². The average molecular weight is 281 g/mol. The van der Waals surface area contributed by atoms with Crippen LogP contribution in [-0.2, 0) is 4.74 Å². The summed E-state index contributed by atoms with van der Waals surface area (Å²) < 4.78 is 19.0. The summed E-state index contributed by atoms with van der Waals surface area (Å²) in [6.45, 7) is 3.45. The number of hydrogen-bond donors (Lipinski definition) is 1. The Morgan fingerprint density at radius 3 is 2.95 bits per heavy atom. The molecule has 0 amide bonds. The van der Waals surface area contributed by atoms with Crippen molar-refractivity contribution in [2.45, 2.75) is 25.4 Å². The maximum atomic E-state index is 13.5. The first-order valence-corrected chi connectivity index (χ1v) is 7.35. The molecule has 0 radical (unpaired) electrons. The molecular formula is C16H24FNO2. The summed E-state index contributed by atoms with van der Waals surface area (Å²) >= 11 is 0. The summed E-state index contributed by atoms with van der Waals surface area (Å²) in [7, 11) is 2.04. The molecule has 1 aromatic carbocycles. The van der Waals surface area contributed by atoms with Crippen LogP contribution < -0.4 is 0 Å². The molecule has 1 N–H and O–H groups in total. The van der Waals surface area contributed by atoms with Gasteiger partial charge in [-0.2, -0.15) is 0 Å². The van der Waals surface area contributed by atoms with Gasteiger partial charge in [-0.15, -0.1) is 0 Å². The minimum absolute atomic E-state index is 0.330. The highest BCUT2D eigenvalue weighted by Gasteiger charge is 2.17. The second-order valence-electron chi connectivity index (χ2n) is 5.67. The highest BCUT2D eigenvalue weighted by molar-refractivity contribution is 5.19. The van der Waals surface area contributed by atoms with Gasteiger partial charge in [-0.1, -0.05) is 18.2 Å². The molecule has 3 nitrogen and oxygen atoms in total. The van der Waals surface area contributed by atoms with E-state index < -0.39 is 6.10 Å². The van der Waals surface area contributed by atoms with Crippen LogP contribution in [-0.4, -0.2) is 43.4 Å². The Bertz CT molecular complexity index is 407. The SMILES string of the molecule is CN(CCC(O)c1ccccc1F)CC1CCCOC1. The zero-order valence-electron chi connectivity index (χ0n) is 12.1. The second-order valence-corrected chi connectivity index (χ2v) is 5.67. The lowest BCUT2D eigenvalue weighted by Gasteiger charge is -2.27. The largest absolute Gasteiger partial charge is 0.388 e. The van der Waals surface area contributed by atoms with Gasteiger partial charge in [0.1, 0.15) is 5.82 Å². The van der Waals surface area contributed by atoms with Gasteiger partial charge in [0, 0.05) is 25.3 Å². The molecule has 0 aromatic heterocycles. The number of nitrogens with zero attached hydrogens (tertiary/aromatic N) is 1. The van der Waals surface area contributed by atoms with Gasteiger partial charge in [-0.25, -0.2) is 4.39 Å². The van der Waals surface area contributed by atoms with Crippen molar-refractivity contribution in [3.05, 3.63) is 35.6 Å². The Balaban J connectivity index is 1.75. The lowest BCUT2D eigenvalue weighted by atomic mass is 10.0. The molecule has 112 valence electrons. The Morgan fingerprint density at radius 1 is 1.45 bits per heavy atom. The lowest BCUT2D eigenvalue weighted by molar-refractivity contribution is 0.0398. The smallest absolute Gasteiger partial charge is 0.128 e. The Labute approximate surface area is 120 Å². The molecule has 20 heavy (non-hydrogen) atoms. The third-order valence-electron chi connectivity index (χ3n) is 3.87. The highest BCUT2D eigenvalue weighted by Crippen LogP contribution is 2.20. The summed E-state index contributed by atoms with van der Waals surface area (Å²) in [5, 5.41) is 10.1. The van der Waals surface area contributed by atoms with E-state index in [0.717, 1.165) is 32.7 Å². The van der Waals surface area contributed by atoms with E-state index in [2.05, 4.69) is 4.90 Å². The fraction of sp³-hybridized carbons (Fsp3) is 0.625. The third-order valence-corrected chi connectivity index (χ3v) is 3.87. The summed E-state index contributed by atoms with van der Waals surface area (Å²) in [6, 6.07) is 6.43. The van der Waals surface area contributed by atoms with E-state index in [9.17, 15) is 9.50 Å². The standard InChI is InChI=1S/C16H24FNO2/c1-18(11-13-5-4-10-20-12-13)9-8-16(19)14-6-2-3-7-15(14)17/h2-3,6-7,13,16,19H,4-5,8-12H2,1H3. The number of halogens is 1. The summed E-state index contributed by atoms with van der Waals surface area (Å²) in [4.78, 5) is 2.20. The highest BCUT2D eigenvalue weighted by atomic mass is 19.1. The normalized spacial score (nSPS) is 21.1. The molecule has 1 aromatic rings. The summed E-state index contributed by atoms with van der Waals surface area (Å²) in [5.74, 6) is 0.252. The zero-order valence-corrected chi connectivity index (χ0v) is 12.1. The lowest BCUT2D eigenvalue weighted by Crippen LogP contribution is -2.32. The van der Waals surface area contributed by atoms with Crippen molar-refractivity contribution in [1.29, 1.82) is 0 Å². The molecule has 0 spiro atoms. The number of aliphatic hydroxyl groups excluding tert-OH is 1. The number of rotatable bonds is 6. The van der Waals surface area contributed by atoms with Crippen LogP contribution in [0.5, 0.6) is 0 Å². The molecule has 1 heterocycles. The van der Waals surface area contributed by atoms with E-state index in [4.69, 9.17) is 4.74 Å². The first-order chi connectivity index (χ1) is 9.66. The average Bonchev–Trinajstić information content (AvgIpc) is 2.46. The molecule has 2 rings (SSSR count). The fourth-order valence-electron chi connectivity index (χ4n) is 2.73. The molecule has 2 unspecified atom stereocenters. The maximum absolute atomic E-state index is 13.5. The van der Waals surface area contributed by atoms with Crippen molar-refractivity contribution in [2.24, 2.45) is 5.92 Å². The van der Waals surface area contributed by atoms with Crippen molar-refractivity contribution in [3.8, 4) is 0 Å². The molecule has 1 saturated heterocycles. The van der Waals surface area contributed by atoms with E-state index in [1.165, 1.54) is 12.5 Å². The van der Waals surface area contributed by atoms with Gasteiger partial charge in [0.15, 0.2) is 0 Å². The molecule has 2 atom stereocenters. The molecule has 1 aliphatic heterocycles. The molecule has 0 saturated carbocycles. The van der Waals surface area contributed by atoms with Gasteiger partial charge in [0.25, 0.3) is 0 Å². The third kappa shape index (κ3) is 4.54. The van der Waals surface area contributed by atoms with Gasteiger partial charge in [-0.05, 0) is 38.3 Å². The van der Waals surface area contributed by atoms with E-state index >= 15 is 0 Å². The van der Waals surface area contributed by atoms with Crippen LogP contribution in [0.3, 0.4) is 0 Å². The van der Waals surface area contributed by atoms with Crippen LogP contribution in [0.25, 0.3) is 0 Å². The quantitative estimate of drug-likeness (QED) is 0.870. The van der Waals surface area contributed by atoms with E-state index in [1.807, 2.05) is 7.05 Å². The van der Waals surface area contributed by atoms with Crippen molar-refractivity contribution < 1.29 is 14.2 Å². The van der Waals surface area contributed by atoms with Crippen LogP contribution in [0.15, 0.2) is 24.3 Å². The predicted molar refractivity (Wildman–Crippen MR) is 77.0 cm³/mol. The monoisotopic (exact) mass is 281 g/mol. The van der Waals surface area contributed by atoms with Crippen LogP contribution in [0.1, 0.15) is 30.9 Å². The summed E-state index contributed by atoms with van der Waals surface area (Å²) in [6.07, 6.45) is 2.16. The number of benzene rings is 1. The maximum Gasteiger partial charge on any atom is 0.128 e. The number of aliphatic hydroxyl groups is 1. The van der Waals surface area contributed by atoms with E-state index in [1.54, 1.807) is 18.2 Å². The van der Waals surface area contributed by atoms with Crippen molar-refractivity contribution in [1.82, 2.24) is 4.90 Å². The Morgan fingerprint density at radius 2 is 2.25 bits per heavy atom. The predicted octanol–water partition coefficient (Wildman–Crippen LogP) is 2.61. The minimum Gasteiger partial charge on any atom is -0.388 e. The summed E-state index contributed by atoms with van der Waals surface area (Å²) in [5.41, 5.74) is 0.391. The molecule has 0 aliphatic carbocycles. The van der Waals surface area contributed by atoms with Gasteiger partial charge in [-0.3, -0.25) is 0 Å². The zero-order chi connectivity index (χ0) is 14.4. The van der Waals surface area contributed by atoms with Crippen molar-refractivity contribution in [3.63, 3.8) is 0 Å². The van der Waals surface area contributed by atoms with Crippen LogP contribution >= 0.6 is 0 Å². The number of hydrogen-bond acceptors (Lipinski definition) is 3. The van der Waals surface area contributed by atoms with Gasteiger partial charge in [0.2, 0.25) is 0 Å². The van der Waals surface area contributed by atoms with Gasteiger partial charge < -0.3 is 14.7 Å². The molecule has 1 aliphatic rings. The first kappa shape index (κ1) is 15.4. The van der Waals surface area contributed by atoms with E-state index in [-0.39, 0.29) is 5.82 Å². The molecule has 4 heteroatoms. The minimum atomic E-state index is -0.735. The molecular weight excluding hydrogens is 257 g/mol. The number of ether oxygens (including phenoxy) is 1. The van der Waals surface area contributed by atoms with Crippen molar-refractivity contribution in [2.75, 3.05) is 33.4 Å². The first-order valence-electron chi connectivity index (χ1n) is 7.35. The topological polar surface area (TPSA) is 32.7 Å². The van der Waals surface area contributed by atoms with Gasteiger partial charge in [0.05, 0.1) is 12.7 Å². The fourth-order valence-corrected chi connectivity index (χ4v) is 2.73. The van der Waals surface area contributed by atoms with Crippen molar-refractivity contribution >= 4 is 0 Å². The van der Waals surface area contributed by atoms with Crippen LogP contribution in [0, 0.1) is 11.7 Å². The molecule has 1 fully saturated rings. The Hall–Kier alpha value is -0.970. The second kappa shape index (κ2) is 7.72.